The molecule has 4 nitrogen and oxygen atoms in total. The summed E-state index contributed by atoms with van der Waals surface area (Å²) in [4.78, 5) is 16.4. The average molecular weight is 312 g/mol. The second-order valence-electron chi connectivity index (χ2n) is 5.65. The minimum Gasteiger partial charge on any atom is -0.493 e. The van der Waals surface area contributed by atoms with Crippen LogP contribution in [0.15, 0.2) is 48.5 Å². The molecule has 0 aliphatic heterocycles. The van der Waals surface area contributed by atoms with Gasteiger partial charge in [-0.05, 0) is 36.8 Å². The second kappa shape index (κ2) is 7.68. The number of nitrogens with zero attached hydrogens (tertiary/aromatic N) is 2. The highest BCUT2D eigenvalue weighted by atomic mass is 16.5. The fraction of sp³-hybridized carbons (Fsp3) is 0.316. The molecule has 0 heterocycles. The number of para-hydroxylation sites is 1. The zero-order valence-corrected chi connectivity index (χ0v) is 14.2. The van der Waals surface area contributed by atoms with Crippen molar-refractivity contribution in [1.82, 2.24) is 4.90 Å². The largest absolute Gasteiger partial charge is 0.493 e. The van der Waals surface area contributed by atoms with Gasteiger partial charge < -0.3 is 14.5 Å². The number of amides is 1. The maximum Gasteiger partial charge on any atom is 0.257 e. The van der Waals surface area contributed by atoms with Crippen LogP contribution in [0.25, 0.3) is 0 Å². The Hall–Kier alpha value is -2.49. The molecule has 0 atom stereocenters. The molecule has 0 unspecified atom stereocenters. The van der Waals surface area contributed by atoms with E-state index < -0.39 is 0 Å². The van der Waals surface area contributed by atoms with E-state index in [9.17, 15) is 4.79 Å². The van der Waals surface area contributed by atoms with Crippen LogP contribution < -0.4 is 9.64 Å². The lowest BCUT2D eigenvalue weighted by Gasteiger charge is -2.20. The smallest absolute Gasteiger partial charge is 0.257 e. The van der Waals surface area contributed by atoms with E-state index in [0.717, 1.165) is 11.3 Å². The molecule has 0 aliphatic rings. The molecule has 0 aliphatic carbocycles. The van der Waals surface area contributed by atoms with Crippen LogP contribution in [0.3, 0.4) is 0 Å². The van der Waals surface area contributed by atoms with Crippen molar-refractivity contribution in [3.63, 3.8) is 0 Å². The lowest BCUT2D eigenvalue weighted by atomic mass is 10.1. The van der Waals surface area contributed by atoms with E-state index in [2.05, 4.69) is 17.0 Å². The molecule has 1 amide bonds. The van der Waals surface area contributed by atoms with E-state index in [1.807, 2.05) is 58.4 Å². The Labute approximate surface area is 138 Å². The summed E-state index contributed by atoms with van der Waals surface area (Å²) in [6, 6.07) is 15.6. The number of ether oxygens (including phenoxy) is 1. The van der Waals surface area contributed by atoms with Crippen molar-refractivity contribution >= 4 is 11.6 Å². The van der Waals surface area contributed by atoms with Gasteiger partial charge in [0.25, 0.3) is 5.91 Å². The first-order valence-corrected chi connectivity index (χ1v) is 7.76. The van der Waals surface area contributed by atoms with E-state index in [-0.39, 0.29) is 5.91 Å². The Morgan fingerprint density at radius 1 is 1.00 bits per heavy atom. The van der Waals surface area contributed by atoms with Gasteiger partial charge in [0, 0.05) is 33.4 Å². The standard InChI is InChI=1S/C19H24N2O2/c1-5-23-18-9-7-6-8-17(18)19(22)21(4)14-15-10-12-16(13-11-15)20(2)3/h6-13H,5,14H2,1-4H3. The summed E-state index contributed by atoms with van der Waals surface area (Å²) in [6.45, 7) is 3.02. The van der Waals surface area contributed by atoms with Gasteiger partial charge in [0.2, 0.25) is 0 Å². The van der Waals surface area contributed by atoms with E-state index in [4.69, 9.17) is 4.74 Å². The molecule has 2 rings (SSSR count). The third-order valence-electron chi connectivity index (χ3n) is 3.64. The zero-order valence-electron chi connectivity index (χ0n) is 14.2. The van der Waals surface area contributed by atoms with Crippen LogP contribution in [0.1, 0.15) is 22.8 Å². The summed E-state index contributed by atoms with van der Waals surface area (Å²) in [5.74, 6) is 0.598. The van der Waals surface area contributed by atoms with Crippen LogP contribution in [-0.2, 0) is 6.54 Å². The van der Waals surface area contributed by atoms with Crippen LogP contribution in [-0.4, -0.2) is 38.6 Å². The monoisotopic (exact) mass is 312 g/mol. The van der Waals surface area contributed by atoms with Crippen molar-refractivity contribution in [1.29, 1.82) is 0 Å². The molecule has 23 heavy (non-hydrogen) atoms. The Morgan fingerprint density at radius 2 is 1.65 bits per heavy atom. The van der Waals surface area contributed by atoms with E-state index in [1.165, 1.54) is 0 Å². The number of hydrogen-bond donors (Lipinski definition) is 0. The summed E-state index contributed by atoms with van der Waals surface area (Å²) in [7, 11) is 5.83. The molecule has 0 fully saturated rings. The summed E-state index contributed by atoms with van der Waals surface area (Å²) in [5.41, 5.74) is 2.84. The van der Waals surface area contributed by atoms with Crippen molar-refractivity contribution in [2.75, 3.05) is 32.6 Å². The number of anilines is 1. The van der Waals surface area contributed by atoms with E-state index >= 15 is 0 Å². The Bertz CT molecular complexity index is 651. The highest BCUT2D eigenvalue weighted by molar-refractivity contribution is 5.96. The minimum atomic E-state index is -0.0364. The van der Waals surface area contributed by atoms with Crippen molar-refractivity contribution in [3.8, 4) is 5.75 Å². The quantitative estimate of drug-likeness (QED) is 0.819. The lowest BCUT2D eigenvalue weighted by molar-refractivity contribution is 0.0781. The number of carbonyl (C=O) groups is 1. The van der Waals surface area contributed by atoms with Crippen molar-refractivity contribution in [2.45, 2.75) is 13.5 Å². The molecule has 0 saturated heterocycles. The molecule has 0 N–H and O–H groups in total. The highest BCUT2D eigenvalue weighted by Gasteiger charge is 2.16. The summed E-state index contributed by atoms with van der Waals surface area (Å²) in [5, 5.41) is 0. The molecule has 2 aromatic rings. The van der Waals surface area contributed by atoms with Crippen LogP contribution >= 0.6 is 0 Å². The molecule has 0 spiro atoms. The third kappa shape index (κ3) is 4.25. The average Bonchev–Trinajstić information content (AvgIpc) is 2.55. The first-order valence-electron chi connectivity index (χ1n) is 7.76. The number of hydrogen-bond acceptors (Lipinski definition) is 3. The SMILES string of the molecule is CCOc1ccccc1C(=O)N(C)Cc1ccc(N(C)C)cc1. The normalized spacial score (nSPS) is 10.3. The van der Waals surface area contributed by atoms with Gasteiger partial charge in [-0.2, -0.15) is 0 Å². The van der Waals surface area contributed by atoms with Gasteiger partial charge in [-0.3, -0.25) is 4.79 Å². The van der Waals surface area contributed by atoms with Crippen molar-refractivity contribution in [2.24, 2.45) is 0 Å². The molecule has 0 radical (unpaired) electrons. The maximum absolute atomic E-state index is 12.7. The Kier molecular flexibility index (Phi) is 5.63. The van der Waals surface area contributed by atoms with Crippen molar-refractivity contribution < 1.29 is 9.53 Å². The Balaban J connectivity index is 2.11. The van der Waals surface area contributed by atoms with Gasteiger partial charge in [-0.1, -0.05) is 24.3 Å². The maximum atomic E-state index is 12.7. The summed E-state index contributed by atoms with van der Waals surface area (Å²) < 4.78 is 5.55. The van der Waals surface area contributed by atoms with Crippen LogP contribution in [0, 0.1) is 0 Å². The van der Waals surface area contributed by atoms with Crippen molar-refractivity contribution in [3.05, 3.63) is 59.7 Å². The van der Waals surface area contributed by atoms with Gasteiger partial charge >= 0.3 is 0 Å². The first kappa shape index (κ1) is 16.9. The summed E-state index contributed by atoms with van der Waals surface area (Å²) >= 11 is 0. The molecule has 2 aromatic carbocycles. The highest BCUT2D eigenvalue weighted by Crippen LogP contribution is 2.21. The fourth-order valence-corrected chi connectivity index (χ4v) is 2.38. The first-order chi connectivity index (χ1) is 11.0. The molecule has 0 bridgehead atoms. The summed E-state index contributed by atoms with van der Waals surface area (Å²) in [6.07, 6.45) is 0. The topological polar surface area (TPSA) is 32.8 Å². The predicted octanol–water partition coefficient (Wildman–Crippen LogP) is 3.42. The molecule has 0 aromatic heterocycles. The van der Waals surface area contributed by atoms with Gasteiger partial charge in [0.1, 0.15) is 5.75 Å². The molecule has 122 valence electrons. The van der Waals surface area contributed by atoms with Gasteiger partial charge in [-0.15, -0.1) is 0 Å². The Morgan fingerprint density at radius 3 is 2.26 bits per heavy atom. The number of rotatable bonds is 6. The minimum absolute atomic E-state index is 0.0364. The predicted molar refractivity (Wildman–Crippen MR) is 94.2 cm³/mol. The van der Waals surface area contributed by atoms with Gasteiger partial charge in [-0.25, -0.2) is 0 Å². The van der Waals surface area contributed by atoms with Gasteiger partial charge in [0.05, 0.1) is 12.2 Å². The molecule has 0 saturated carbocycles. The van der Waals surface area contributed by atoms with Crippen LogP contribution in [0.5, 0.6) is 5.75 Å². The van der Waals surface area contributed by atoms with Gasteiger partial charge in [0.15, 0.2) is 0 Å². The van der Waals surface area contributed by atoms with Crippen LogP contribution in [0.2, 0.25) is 0 Å². The molecule has 4 heteroatoms. The number of carbonyl (C=O) groups excluding carboxylic acids is 1. The number of benzene rings is 2. The molecular formula is C19H24N2O2. The zero-order chi connectivity index (χ0) is 16.8. The third-order valence-corrected chi connectivity index (χ3v) is 3.64. The fourth-order valence-electron chi connectivity index (χ4n) is 2.38. The second-order valence-corrected chi connectivity index (χ2v) is 5.65. The van der Waals surface area contributed by atoms with E-state index in [1.54, 1.807) is 11.0 Å². The van der Waals surface area contributed by atoms with Crippen LogP contribution in [0.4, 0.5) is 5.69 Å². The molecular weight excluding hydrogens is 288 g/mol. The lowest BCUT2D eigenvalue weighted by Crippen LogP contribution is -2.26. The van der Waals surface area contributed by atoms with E-state index in [0.29, 0.717) is 24.5 Å².